The molecule has 100 valence electrons. The molecular weight excluding hydrogens is 212 g/mol. The third-order valence-corrected chi connectivity index (χ3v) is 4.46. The first-order valence-corrected chi connectivity index (χ1v) is 7.38. The maximum atomic E-state index is 6.39. The highest BCUT2D eigenvalue weighted by Gasteiger charge is 2.40. The lowest BCUT2D eigenvalue weighted by Gasteiger charge is -2.34. The molecule has 3 nitrogen and oxygen atoms in total. The van der Waals surface area contributed by atoms with Gasteiger partial charge in [0.1, 0.15) is 0 Å². The maximum Gasteiger partial charge on any atom is 0.0710 e. The zero-order valence-electron chi connectivity index (χ0n) is 11.3. The highest BCUT2D eigenvalue weighted by molar-refractivity contribution is 4.92. The van der Waals surface area contributed by atoms with E-state index in [1.165, 1.54) is 44.9 Å². The van der Waals surface area contributed by atoms with Crippen molar-refractivity contribution in [2.75, 3.05) is 26.2 Å². The number of nitrogens with zero attached hydrogens (tertiary/aromatic N) is 1. The summed E-state index contributed by atoms with van der Waals surface area (Å²) >= 11 is 0. The highest BCUT2D eigenvalue weighted by Crippen LogP contribution is 2.41. The zero-order valence-corrected chi connectivity index (χ0v) is 11.3. The Morgan fingerprint density at radius 3 is 2.65 bits per heavy atom. The molecular formula is C14H28N2O. The molecule has 1 heterocycles. The molecule has 2 aliphatic rings. The molecule has 1 spiro atoms. The third kappa shape index (κ3) is 3.43. The van der Waals surface area contributed by atoms with E-state index in [1.54, 1.807) is 0 Å². The molecule has 0 aromatic carbocycles. The summed E-state index contributed by atoms with van der Waals surface area (Å²) in [5.41, 5.74) is 5.90. The van der Waals surface area contributed by atoms with Crippen molar-refractivity contribution in [2.45, 2.75) is 63.6 Å². The second-order valence-electron chi connectivity index (χ2n) is 5.70. The van der Waals surface area contributed by atoms with E-state index in [-0.39, 0.29) is 5.60 Å². The van der Waals surface area contributed by atoms with Gasteiger partial charge in [-0.3, -0.25) is 4.90 Å². The normalized spacial score (nSPS) is 28.1. The predicted molar refractivity (Wildman–Crippen MR) is 71.1 cm³/mol. The Morgan fingerprint density at radius 1 is 1.24 bits per heavy atom. The number of likely N-dealkylation sites (N-methyl/N-ethyl adjacent to an activating group) is 1. The summed E-state index contributed by atoms with van der Waals surface area (Å²) < 4.78 is 6.39. The first kappa shape index (κ1) is 13.3. The van der Waals surface area contributed by atoms with Crippen LogP contribution in [0.5, 0.6) is 0 Å². The predicted octanol–water partition coefficient (Wildman–Crippen LogP) is 2.15. The second-order valence-corrected chi connectivity index (χ2v) is 5.70. The van der Waals surface area contributed by atoms with E-state index in [1.807, 2.05) is 0 Å². The van der Waals surface area contributed by atoms with Crippen LogP contribution in [0.25, 0.3) is 0 Å². The summed E-state index contributed by atoms with van der Waals surface area (Å²) in [7, 11) is 0. The molecule has 1 aliphatic carbocycles. The minimum atomic E-state index is 0.269. The molecule has 3 heteroatoms. The van der Waals surface area contributed by atoms with Crippen LogP contribution >= 0.6 is 0 Å². The van der Waals surface area contributed by atoms with Gasteiger partial charge >= 0.3 is 0 Å². The lowest BCUT2D eigenvalue weighted by atomic mass is 9.83. The van der Waals surface area contributed by atoms with Crippen LogP contribution in [0.3, 0.4) is 0 Å². The summed E-state index contributed by atoms with van der Waals surface area (Å²) in [6, 6.07) is 0. The topological polar surface area (TPSA) is 38.5 Å². The smallest absolute Gasteiger partial charge is 0.0710 e. The first-order chi connectivity index (χ1) is 8.28. The van der Waals surface area contributed by atoms with Crippen LogP contribution in [-0.4, -0.2) is 42.8 Å². The molecule has 0 aromatic heterocycles. The Morgan fingerprint density at radius 2 is 2.00 bits per heavy atom. The molecule has 0 amide bonds. The minimum Gasteiger partial charge on any atom is -0.370 e. The standard InChI is InChI=1S/C14H28N2O/c1-2-16(11-10-15)12-13-6-9-14(17-13)7-4-3-5-8-14/h13H,2-12,15H2,1H3. The van der Waals surface area contributed by atoms with E-state index in [9.17, 15) is 0 Å². The Hall–Kier alpha value is -0.120. The SMILES string of the molecule is CCN(CCN)CC1CCC2(CCCCC2)O1. The minimum absolute atomic E-state index is 0.269. The summed E-state index contributed by atoms with van der Waals surface area (Å²) in [6.45, 7) is 6.13. The Bertz CT molecular complexity index is 226. The van der Waals surface area contributed by atoms with Gasteiger partial charge in [0.15, 0.2) is 0 Å². The van der Waals surface area contributed by atoms with Gasteiger partial charge in [-0.2, -0.15) is 0 Å². The fourth-order valence-corrected chi connectivity index (χ4v) is 3.44. The van der Waals surface area contributed by atoms with E-state index in [0.717, 1.165) is 26.2 Å². The van der Waals surface area contributed by atoms with Gasteiger partial charge in [0.2, 0.25) is 0 Å². The monoisotopic (exact) mass is 240 g/mol. The van der Waals surface area contributed by atoms with Gasteiger partial charge in [0.25, 0.3) is 0 Å². The molecule has 1 saturated heterocycles. The van der Waals surface area contributed by atoms with E-state index in [4.69, 9.17) is 10.5 Å². The van der Waals surface area contributed by atoms with Gasteiger partial charge in [-0.15, -0.1) is 0 Å². The van der Waals surface area contributed by atoms with Crippen molar-refractivity contribution in [3.8, 4) is 0 Å². The largest absolute Gasteiger partial charge is 0.370 e. The van der Waals surface area contributed by atoms with Crippen LogP contribution in [0.15, 0.2) is 0 Å². The summed E-state index contributed by atoms with van der Waals surface area (Å²) in [5.74, 6) is 0. The van der Waals surface area contributed by atoms with Crippen LogP contribution < -0.4 is 5.73 Å². The van der Waals surface area contributed by atoms with Gasteiger partial charge in [0.05, 0.1) is 11.7 Å². The summed E-state index contributed by atoms with van der Waals surface area (Å²) in [6.07, 6.45) is 9.74. The van der Waals surface area contributed by atoms with Crippen LogP contribution in [0.4, 0.5) is 0 Å². The van der Waals surface area contributed by atoms with Crippen molar-refractivity contribution in [3.05, 3.63) is 0 Å². The molecule has 2 fully saturated rings. The second kappa shape index (κ2) is 6.17. The molecule has 1 atom stereocenters. The fourth-order valence-electron chi connectivity index (χ4n) is 3.44. The van der Waals surface area contributed by atoms with Crippen molar-refractivity contribution in [1.29, 1.82) is 0 Å². The van der Waals surface area contributed by atoms with Crippen molar-refractivity contribution in [1.82, 2.24) is 4.90 Å². The van der Waals surface area contributed by atoms with Crippen LogP contribution in [0, 0.1) is 0 Å². The first-order valence-electron chi connectivity index (χ1n) is 7.38. The van der Waals surface area contributed by atoms with E-state index in [2.05, 4.69) is 11.8 Å². The number of rotatable bonds is 5. The zero-order chi connectivity index (χ0) is 12.1. The lowest BCUT2D eigenvalue weighted by Crippen LogP contribution is -2.38. The molecule has 1 aliphatic heterocycles. The van der Waals surface area contributed by atoms with Crippen LogP contribution in [-0.2, 0) is 4.74 Å². The van der Waals surface area contributed by atoms with Gasteiger partial charge in [0, 0.05) is 19.6 Å². The van der Waals surface area contributed by atoms with Crippen LogP contribution in [0.2, 0.25) is 0 Å². The highest BCUT2D eigenvalue weighted by atomic mass is 16.5. The van der Waals surface area contributed by atoms with Gasteiger partial charge in [-0.25, -0.2) is 0 Å². The van der Waals surface area contributed by atoms with Crippen molar-refractivity contribution >= 4 is 0 Å². The van der Waals surface area contributed by atoms with E-state index < -0.39 is 0 Å². The number of nitrogens with two attached hydrogens (primary N) is 1. The molecule has 2 rings (SSSR count). The molecule has 17 heavy (non-hydrogen) atoms. The summed E-state index contributed by atoms with van der Waals surface area (Å²) in [5, 5.41) is 0. The molecule has 1 saturated carbocycles. The molecule has 2 N–H and O–H groups in total. The molecule has 0 radical (unpaired) electrons. The Labute approximate surface area is 106 Å². The quantitative estimate of drug-likeness (QED) is 0.800. The average molecular weight is 240 g/mol. The number of hydrogen-bond donors (Lipinski definition) is 1. The van der Waals surface area contributed by atoms with Gasteiger partial charge < -0.3 is 10.5 Å². The number of hydrogen-bond acceptors (Lipinski definition) is 3. The molecule has 0 bridgehead atoms. The lowest BCUT2D eigenvalue weighted by molar-refractivity contribution is -0.0713. The van der Waals surface area contributed by atoms with Gasteiger partial charge in [-0.1, -0.05) is 26.2 Å². The Balaban J connectivity index is 1.80. The average Bonchev–Trinajstić information content (AvgIpc) is 2.72. The fraction of sp³-hybridized carbons (Fsp3) is 1.00. The van der Waals surface area contributed by atoms with Crippen molar-refractivity contribution in [2.24, 2.45) is 5.73 Å². The molecule has 0 aromatic rings. The van der Waals surface area contributed by atoms with Crippen molar-refractivity contribution < 1.29 is 4.74 Å². The molecule has 1 unspecified atom stereocenters. The number of ether oxygens (including phenoxy) is 1. The van der Waals surface area contributed by atoms with E-state index >= 15 is 0 Å². The third-order valence-electron chi connectivity index (χ3n) is 4.46. The van der Waals surface area contributed by atoms with E-state index in [0.29, 0.717) is 6.10 Å². The maximum absolute atomic E-state index is 6.39. The summed E-state index contributed by atoms with van der Waals surface area (Å²) in [4.78, 5) is 2.42. The van der Waals surface area contributed by atoms with Crippen LogP contribution in [0.1, 0.15) is 51.9 Å². The Kier molecular flexibility index (Phi) is 4.83. The van der Waals surface area contributed by atoms with Crippen molar-refractivity contribution in [3.63, 3.8) is 0 Å². The van der Waals surface area contributed by atoms with Gasteiger partial charge in [-0.05, 0) is 32.2 Å².